The molecule has 4 rings (SSSR count). The van der Waals surface area contributed by atoms with Crippen molar-refractivity contribution in [2.45, 2.75) is 38.8 Å². The van der Waals surface area contributed by atoms with Crippen LogP contribution in [0.5, 0.6) is 0 Å². The third kappa shape index (κ3) is 3.80. The fraction of sp³-hybridized carbons (Fsp3) is 0.421. The molecular formula is C19H23N5S. The van der Waals surface area contributed by atoms with Gasteiger partial charge in [0, 0.05) is 23.9 Å². The van der Waals surface area contributed by atoms with Gasteiger partial charge in [0.25, 0.3) is 0 Å². The molecule has 25 heavy (non-hydrogen) atoms. The largest absolute Gasteiger partial charge is 0.313 e. The molecule has 3 aromatic rings. The maximum atomic E-state index is 4.46. The van der Waals surface area contributed by atoms with E-state index in [1.165, 1.54) is 29.0 Å². The molecule has 1 saturated heterocycles. The quantitative estimate of drug-likeness (QED) is 0.705. The van der Waals surface area contributed by atoms with Gasteiger partial charge in [-0.3, -0.25) is 4.90 Å². The Bertz CT molecular complexity index is 810. The molecule has 1 aromatic carbocycles. The van der Waals surface area contributed by atoms with Crippen LogP contribution in [0.15, 0.2) is 42.2 Å². The maximum Gasteiger partial charge on any atom is 0.137 e. The molecule has 0 radical (unpaired) electrons. The fourth-order valence-electron chi connectivity index (χ4n) is 3.57. The van der Waals surface area contributed by atoms with Crippen LogP contribution < -0.4 is 0 Å². The lowest BCUT2D eigenvalue weighted by atomic mass is 9.97. The minimum absolute atomic E-state index is 0.452. The predicted octanol–water partition coefficient (Wildman–Crippen LogP) is 3.47. The molecular weight excluding hydrogens is 330 g/mol. The van der Waals surface area contributed by atoms with E-state index < -0.39 is 0 Å². The maximum absolute atomic E-state index is 4.46. The van der Waals surface area contributed by atoms with Crippen LogP contribution in [0.3, 0.4) is 0 Å². The smallest absolute Gasteiger partial charge is 0.137 e. The molecule has 1 aliphatic heterocycles. The number of hydrogen-bond donors (Lipinski definition) is 0. The third-order valence-electron chi connectivity index (χ3n) is 4.92. The summed E-state index contributed by atoms with van der Waals surface area (Å²) in [6.45, 7) is 6.14. The minimum atomic E-state index is 0.452. The van der Waals surface area contributed by atoms with Gasteiger partial charge < -0.3 is 4.57 Å². The zero-order chi connectivity index (χ0) is 17.1. The van der Waals surface area contributed by atoms with Crippen molar-refractivity contribution in [1.82, 2.24) is 24.6 Å². The van der Waals surface area contributed by atoms with Crippen molar-refractivity contribution in [3.63, 3.8) is 0 Å². The summed E-state index contributed by atoms with van der Waals surface area (Å²) >= 11 is 1.76. The van der Waals surface area contributed by atoms with Crippen LogP contribution >= 0.6 is 11.3 Å². The molecule has 0 spiro atoms. The molecule has 1 fully saturated rings. The van der Waals surface area contributed by atoms with E-state index in [-0.39, 0.29) is 0 Å². The summed E-state index contributed by atoms with van der Waals surface area (Å²) in [7, 11) is 0. The van der Waals surface area contributed by atoms with Gasteiger partial charge in [0.2, 0.25) is 0 Å². The van der Waals surface area contributed by atoms with Gasteiger partial charge in [0.1, 0.15) is 12.2 Å². The van der Waals surface area contributed by atoms with Gasteiger partial charge in [-0.2, -0.15) is 0 Å². The highest BCUT2D eigenvalue weighted by Gasteiger charge is 2.26. The van der Waals surface area contributed by atoms with Gasteiger partial charge in [-0.15, -0.1) is 21.5 Å². The fourth-order valence-corrected chi connectivity index (χ4v) is 4.39. The highest BCUT2D eigenvalue weighted by molar-refractivity contribution is 7.09. The predicted molar refractivity (Wildman–Crippen MR) is 99.7 cm³/mol. The molecule has 5 nitrogen and oxygen atoms in total. The van der Waals surface area contributed by atoms with Gasteiger partial charge in [-0.25, -0.2) is 4.98 Å². The van der Waals surface area contributed by atoms with Crippen molar-refractivity contribution in [3.8, 4) is 0 Å². The standard InChI is InChI=1S/C19H23N5S/c1-15-18(25-14-20-15)12-23-9-5-8-17(11-23)19-22-21-13-24(19)10-16-6-3-2-4-7-16/h2-4,6-7,13-14,17H,5,8-12H2,1H3/t17-/m1/s1. The second kappa shape index (κ2) is 7.45. The van der Waals surface area contributed by atoms with Crippen molar-refractivity contribution in [2.75, 3.05) is 13.1 Å². The van der Waals surface area contributed by atoms with Crippen molar-refractivity contribution >= 4 is 11.3 Å². The average molecular weight is 353 g/mol. The Morgan fingerprint density at radius 3 is 2.88 bits per heavy atom. The van der Waals surface area contributed by atoms with E-state index in [9.17, 15) is 0 Å². The normalized spacial score (nSPS) is 18.5. The molecule has 0 saturated carbocycles. The Hall–Kier alpha value is -2.05. The van der Waals surface area contributed by atoms with Crippen LogP contribution in [0, 0.1) is 6.92 Å². The van der Waals surface area contributed by atoms with Gasteiger partial charge in [-0.1, -0.05) is 30.3 Å². The molecule has 0 amide bonds. The zero-order valence-corrected chi connectivity index (χ0v) is 15.3. The van der Waals surface area contributed by atoms with Crippen molar-refractivity contribution in [1.29, 1.82) is 0 Å². The summed E-state index contributed by atoms with van der Waals surface area (Å²) in [5.41, 5.74) is 4.40. The summed E-state index contributed by atoms with van der Waals surface area (Å²) < 4.78 is 2.21. The molecule has 3 heterocycles. The number of aryl methyl sites for hydroxylation is 1. The van der Waals surface area contributed by atoms with Gasteiger partial charge in [0.15, 0.2) is 0 Å². The van der Waals surface area contributed by atoms with E-state index in [1.54, 1.807) is 11.3 Å². The van der Waals surface area contributed by atoms with Crippen LogP contribution in [0.4, 0.5) is 0 Å². The lowest BCUT2D eigenvalue weighted by Crippen LogP contribution is -2.35. The molecule has 130 valence electrons. The summed E-state index contributed by atoms with van der Waals surface area (Å²) in [5.74, 6) is 1.57. The highest BCUT2D eigenvalue weighted by Crippen LogP contribution is 2.27. The molecule has 2 aromatic heterocycles. The van der Waals surface area contributed by atoms with Crippen molar-refractivity contribution in [3.05, 3.63) is 64.1 Å². The lowest BCUT2D eigenvalue weighted by molar-refractivity contribution is 0.196. The van der Waals surface area contributed by atoms with Crippen LogP contribution in [0.25, 0.3) is 0 Å². The van der Waals surface area contributed by atoms with Gasteiger partial charge in [-0.05, 0) is 31.9 Å². The molecule has 0 N–H and O–H groups in total. The van der Waals surface area contributed by atoms with E-state index in [0.29, 0.717) is 5.92 Å². The number of aromatic nitrogens is 4. The second-order valence-corrected chi connectivity index (χ2v) is 7.68. The molecule has 0 unspecified atom stereocenters. The number of piperidine rings is 1. The Balaban J connectivity index is 1.47. The van der Waals surface area contributed by atoms with Crippen LogP contribution in [0.2, 0.25) is 0 Å². The van der Waals surface area contributed by atoms with Gasteiger partial charge >= 0.3 is 0 Å². The monoisotopic (exact) mass is 353 g/mol. The number of thiazole rings is 1. The average Bonchev–Trinajstić information content (AvgIpc) is 3.26. The lowest BCUT2D eigenvalue weighted by Gasteiger charge is -2.32. The van der Waals surface area contributed by atoms with E-state index in [2.05, 4.69) is 61.9 Å². The Morgan fingerprint density at radius 1 is 1.20 bits per heavy atom. The first-order valence-corrected chi connectivity index (χ1v) is 9.70. The summed E-state index contributed by atoms with van der Waals surface area (Å²) in [6, 6.07) is 10.5. The van der Waals surface area contributed by atoms with E-state index >= 15 is 0 Å². The van der Waals surface area contributed by atoms with Crippen molar-refractivity contribution in [2.24, 2.45) is 0 Å². The molecule has 0 bridgehead atoms. The van der Waals surface area contributed by atoms with E-state index in [1.807, 2.05) is 11.8 Å². The Kier molecular flexibility index (Phi) is 4.90. The topological polar surface area (TPSA) is 46.8 Å². The SMILES string of the molecule is Cc1ncsc1CN1CCC[C@@H](c2nncn2Cc2ccccc2)C1. The van der Waals surface area contributed by atoms with Gasteiger partial charge in [0.05, 0.1) is 17.7 Å². The molecule has 6 heteroatoms. The first-order valence-electron chi connectivity index (χ1n) is 8.82. The number of nitrogens with zero attached hydrogens (tertiary/aromatic N) is 5. The number of likely N-dealkylation sites (tertiary alicyclic amines) is 1. The Morgan fingerprint density at radius 2 is 2.08 bits per heavy atom. The first-order chi connectivity index (χ1) is 12.3. The molecule has 1 aliphatic rings. The zero-order valence-electron chi connectivity index (χ0n) is 14.5. The Labute approximate surface area is 152 Å². The summed E-state index contributed by atoms with van der Waals surface area (Å²) in [6.07, 6.45) is 4.26. The van der Waals surface area contributed by atoms with E-state index in [4.69, 9.17) is 0 Å². The van der Waals surface area contributed by atoms with Crippen LogP contribution in [-0.4, -0.2) is 37.7 Å². The summed E-state index contributed by atoms with van der Waals surface area (Å²) in [4.78, 5) is 8.30. The number of rotatable bonds is 5. The summed E-state index contributed by atoms with van der Waals surface area (Å²) in [5, 5.41) is 8.66. The van der Waals surface area contributed by atoms with E-state index in [0.717, 1.165) is 32.0 Å². The van der Waals surface area contributed by atoms with Crippen LogP contribution in [-0.2, 0) is 13.1 Å². The highest BCUT2D eigenvalue weighted by atomic mass is 32.1. The second-order valence-electron chi connectivity index (χ2n) is 6.74. The molecule has 1 atom stereocenters. The van der Waals surface area contributed by atoms with Crippen molar-refractivity contribution < 1.29 is 0 Å². The number of benzene rings is 1. The number of hydrogen-bond acceptors (Lipinski definition) is 5. The third-order valence-corrected chi connectivity index (χ3v) is 5.84. The van der Waals surface area contributed by atoms with Crippen LogP contribution in [0.1, 0.15) is 40.7 Å². The first kappa shape index (κ1) is 16.4. The minimum Gasteiger partial charge on any atom is -0.313 e. The molecule has 0 aliphatic carbocycles.